The molecule has 6 heteroatoms. The molecule has 3 rings (SSSR count). The highest BCUT2D eigenvalue weighted by atomic mass is 16.5. The Labute approximate surface area is 134 Å². The number of benzene rings is 1. The van der Waals surface area contributed by atoms with Crippen molar-refractivity contribution < 1.29 is 9.15 Å². The first-order valence-corrected chi connectivity index (χ1v) is 7.63. The van der Waals surface area contributed by atoms with E-state index in [0.717, 1.165) is 22.5 Å². The van der Waals surface area contributed by atoms with Gasteiger partial charge in [-0.25, -0.2) is 9.97 Å². The molecule has 2 aromatic heterocycles. The molecule has 0 bridgehead atoms. The average Bonchev–Trinajstić information content (AvgIpc) is 2.98. The number of ether oxygens (including phenoxy) is 1. The quantitative estimate of drug-likeness (QED) is 0.727. The van der Waals surface area contributed by atoms with Gasteiger partial charge in [-0.15, -0.1) is 0 Å². The van der Waals surface area contributed by atoms with E-state index < -0.39 is 0 Å². The molecule has 23 heavy (non-hydrogen) atoms. The van der Waals surface area contributed by atoms with Gasteiger partial charge < -0.3 is 20.2 Å². The highest BCUT2D eigenvalue weighted by Crippen LogP contribution is 2.31. The zero-order valence-corrected chi connectivity index (χ0v) is 13.2. The molecule has 0 spiro atoms. The molecule has 0 radical (unpaired) electrons. The fourth-order valence-corrected chi connectivity index (χ4v) is 2.38. The van der Waals surface area contributed by atoms with E-state index in [1.165, 1.54) is 0 Å². The Morgan fingerprint density at radius 3 is 3.00 bits per heavy atom. The van der Waals surface area contributed by atoms with Crippen molar-refractivity contribution in [1.29, 1.82) is 0 Å². The van der Waals surface area contributed by atoms with Gasteiger partial charge in [0.05, 0.1) is 19.2 Å². The van der Waals surface area contributed by atoms with E-state index >= 15 is 0 Å². The summed E-state index contributed by atoms with van der Waals surface area (Å²) in [5.74, 6) is 2.73. The summed E-state index contributed by atoms with van der Waals surface area (Å²) in [5.41, 5.74) is 6.44. The van der Waals surface area contributed by atoms with Gasteiger partial charge in [-0.1, -0.05) is 12.1 Å². The number of para-hydroxylation sites is 1. The normalized spacial score (nSPS) is 12.4. The number of nitrogens with one attached hydrogen (secondary N) is 1. The van der Waals surface area contributed by atoms with Gasteiger partial charge in [0.15, 0.2) is 11.3 Å². The molecule has 6 nitrogen and oxygen atoms in total. The van der Waals surface area contributed by atoms with Crippen LogP contribution in [0.3, 0.4) is 0 Å². The molecular weight excluding hydrogens is 292 g/mol. The van der Waals surface area contributed by atoms with Crippen molar-refractivity contribution in [2.45, 2.75) is 26.4 Å². The van der Waals surface area contributed by atoms with Crippen LogP contribution in [0.5, 0.6) is 5.75 Å². The number of furan rings is 1. The molecule has 0 amide bonds. The molecule has 0 aliphatic heterocycles. The fraction of sp³-hybridized carbons (Fsp3) is 0.294. The minimum Gasteiger partial charge on any atom is -0.490 e. The number of nitrogen functional groups attached to an aromatic ring is 1. The Balaban J connectivity index is 1.75. The number of hydrogen-bond acceptors (Lipinski definition) is 6. The van der Waals surface area contributed by atoms with Gasteiger partial charge >= 0.3 is 0 Å². The lowest BCUT2D eigenvalue weighted by Gasteiger charge is -2.10. The number of aromatic nitrogens is 2. The first kappa shape index (κ1) is 15.3. The summed E-state index contributed by atoms with van der Waals surface area (Å²) in [6.45, 7) is 5.11. The van der Waals surface area contributed by atoms with E-state index in [-0.39, 0.29) is 6.04 Å². The second kappa shape index (κ2) is 6.66. The Kier molecular flexibility index (Phi) is 4.43. The van der Waals surface area contributed by atoms with Crippen LogP contribution in [0.25, 0.3) is 11.0 Å². The molecule has 1 aromatic carbocycles. The molecule has 120 valence electrons. The van der Waals surface area contributed by atoms with Crippen LogP contribution in [-0.2, 0) is 6.54 Å². The van der Waals surface area contributed by atoms with Crippen molar-refractivity contribution in [3.63, 3.8) is 0 Å². The van der Waals surface area contributed by atoms with E-state index in [4.69, 9.17) is 14.9 Å². The third-order valence-electron chi connectivity index (χ3n) is 3.55. The van der Waals surface area contributed by atoms with Crippen LogP contribution in [0, 0.1) is 0 Å². The molecule has 0 saturated heterocycles. The topological polar surface area (TPSA) is 86.2 Å². The van der Waals surface area contributed by atoms with Crippen LogP contribution in [0.4, 0.5) is 5.82 Å². The smallest absolute Gasteiger partial charge is 0.176 e. The van der Waals surface area contributed by atoms with Gasteiger partial charge in [-0.3, -0.25) is 0 Å². The summed E-state index contributed by atoms with van der Waals surface area (Å²) in [6.07, 6.45) is 1.65. The number of rotatable bonds is 6. The van der Waals surface area contributed by atoms with E-state index in [1.54, 1.807) is 12.3 Å². The summed E-state index contributed by atoms with van der Waals surface area (Å²) in [6, 6.07) is 9.60. The maximum atomic E-state index is 5.97. The molecule has 0 aliphatic rings. The van der Waals surface area contributed by atoms with Crippen molar-refractivity contribution in [2.75, 3.05) is 12.3 Å². The van der Waals surface area contributed by atoms with Crippen LogP contribution in [-0.4, -0.2) is 16.6 Å². The number of nitrogens with zero attached hydrogens (tertiary/aromatic N) is 2. The van der Waals surface area contributed by atoms with Crippen LogP contribution in [0.15, 0.2) is 40.9 Å². The van der Waals surface area contributed by atoms with E-state index in [9.17, 15) is 0 Å². The fourth-order valence-electron chi connectivity index (χ4n) is 2.38. The van der Waals surface area contributed by atoms with Crippen molar-refractivity contribution >= 4 is 16.8 Å². The maximum Gasteiger partial charge on any atom is 0.176 e. The Morgan fingerprint density at radius 2 is 2.22 bits per heavy atom. The molecule has 3 N–H and O–H groups in total. The molecule has 0 aliphatic carbocycles. The lowest BCUT2D eigenvalue weighted by Crippen LogP contribution is -2.19. The van der Waals surface area contributed by atoms with Crippen LogP contribution >= 0.6 is 0 Å². The van der Waals surface area contributed by atoms with Crippen molar-refractivity contribution in [2.24, 2.45) is 0 Å². The Hall–Kier alpha value is -2.60. The minimum absolute atomic E-state index is 0.0157. The van der Waals surface area contributed by atoms with Gasteiger partial charge in [0, 0.05) is 11.6 Å². The first-order valence-electron chi connectivity index (χ1n) is 7.63. The number of nitrogens with two attached hydrogens (primary N) is 1. The van der Waals surface area contributed by atoms with Crippen molar-refractivity contribution in [3.05, 3.63) is 48.1 Å². The minimum atomic E-state index is 0.0157. The van der Waals surface area contributed by atoms with Crippen molar-refractivity contribution in [1.82, 2.24) is 15.3 Å². The van der Waals surface area contributed by atoms with Gasteiger partial charge in [0.25, 0.3) is 0 Å². The Bertz CT molecular complexity index is 800. The maximum absolute atomic E-state index is 5.97. The second-order valence-electron chi connectivity index (χ2n) is 5.26. The van der Waals surface area contributed by atoms with Gasteiger partial charge in [0.2, 0.25) is 0 Å². The predicted octanol–water partition coefficient (Wildman–Crippen LogP) is 3.05. The molecule has 0 unspecified atom stereocenters. The lowest BCUT2D eigenvalue weighted by molar-refractivity contribution is 0.336. The standard InChI is InChI=1S/C17H20N4O2/c1-3-22-13-6-4-5-12-9-14(23-17(12)13)11(2)20-10-16-19-8-7-15(18)21-16/h4-9,11,20H,3,10H2,1-2H3,(H2,18,19,21)/t11-/m0/s1. The number of fused-ring (bicyclic) bond motifs is 1. The van der Waals surface area contributed by atoms with Gasteiger partial charge in [0.1, 0.15) is 17.4 Å². The Morgan fingerprint density at radius 1 is 1.35 bits per heavy atom. The summed E-state index contributed by atoms with van der Waals surface area (Å²) in [7, 11) is 0. The first-order chi connectivity index (χ1) is 11.2. The van der Waals surface area contributed by atoms with E-state index in [0.29, 0.717) is 24.8 Å². The zero-order chi connectivity index (χ0) is 16.2. The van der Waals surface area contributed by atoms with Gasteiger partial charge in [-0.05, 0) is 32.0 Å². The summed E-state index contributed by atoms with van der Waals surface area (Å²) < 4.78 is 11.6. The van der Waals surface area contributed by atoms with Crippen LogP contribution in [0.2, 0.25) is 0 Å². The summed E-state index contributed by atoms with van der Waals surface area (Å²) in [4.78, 5) is 8.36. The molecule has 1 atom stereocenters. The monoisotopic (exact) mass is 312 g/mol. The molecule has 0 saturated carbocycles. The van der Waals surface area contributed by atoms with E-state index in [2.05, 4.69) is 15.3 Å². The number of hydrogen-bond donors (Lipinski definition) is 2. The van der Waals surface area contributed by atoms with Crippen LogP contribution < -0.4 is 15.8 Å². The molecule has 0 fully saturated rings. The third kappa shape index (κ3) is 3.43. The summed E-state index contributed by atoms with van der Waals surface area (Å²) in [5, 5.41) is 4.37. The third-order valence-corrected chi connectivity index (χ3v) is 3.55. The van der Waals surface area contributed by atoms with Crippen LogP contribution in [0.1, 0.15) is 31.5 Å². The largest absolute Gasteiger partial charge is 0.490 e. The molecule has 2 heterocycles. The average molecular weight is 312 g/mol. The molecule has 3 aromatic rings. The summed E-state index contributed by atoms with van der Waals surface area (Å²) >= 11 is 0. The molecular formula is C17H20N4O2. The van der Waals surface area contributed by atoms with Gasteiger partial charge in [-0.2, -0.15) is 0 Å². The van der Waals surface area contributed by atoms with E-state index in [1.807, 2.05) is 38.1 Å². The highest BCUT2D eigenvalue weighted by Gasteiger charge is 2.14. The SMILES string of the molecule is CCOc1cccc2cc([C@H](C)NCc3nccc(N)n3)oc12. The predicted molar refractivity (Wildman–Crippen MR) is 89.1 cm³/mol. The zero-order valence-electron chi connectivity index (χ0n) is 13.2. The second-order valence-corrected chi connectivity index (χ2v) is 5.26. The number of anilines is 1. The lowest BCUT2D eigenvalue weighted by atomic mass is 10.2. The van der Waals surface area contributed by atoms with Crippen molar-refractivity contribution in [3.8, 4) is 5.75 Å². The highest BCUT2D eigenvalue weighted by molar-refractivity contribution is 5.83.